The highest BCUT2D eigenvalue weighted by Crippen LogP contribution is 2.38. The lowest BCUT2D eigenvalue weighted by molar-refractivity contribution is 0.0940. The van der Waals surface area contributed by atoms with Gasteiger partial charge in [0.2, 0.25) is 0 Å². The minimum atomic E-state index is -0.187. The SMILES string of the molecule is CCOc1onc2c1c(=O)n(C1CCCC(CNC(=O)c3ccccc3)C1)c1cccc(Cl)c21. The standard InChI is InChI=1S/C26H26ClN3O4/c1-2-33-26-22-23(29-34-26)21-19(27)12-7-13-20(21)30(25(22)32)18-11-6-8-16(14-18)15-28-24(31)17-9-4-3-5-10-17/h3-5,7,9-10,12-13,16,18H,2,6,8,11,14-15H2,1H3,(H,28,31). The molecule has 2 aromatic heterocycles. The van der Waals surface area contributed by atoms with Crippen LogP contribution in [0.4, 0.5) is 0 Å². The molecule has 1 aliphatic carbocycles. The van der Waals surface area contributed by atoms with Gasteiger partial charge < -0.3 is 19.1 Å². The van der Waals surface area contributed by atoms with Gasteiger partial charge in [0.05, 0.1) is 17.1 Å². The van der Waals surface area contributed by atoms with Crippen LogP contribution in [0.25, 0.3) is 21.8 Å². The maximum absolute atomic E-state index is 13.7. The van der Waals surface area contributed by atoms with E-state index in [0.29, 0.717) is 40.0 Å². The summed E-state index contributed by atoms with van der Waals surface area (Å²) in [5.74, 6) is 0.307. The fraction of sp³-hybridized carbons (Fsp3) is 0.346. The molecule has 0 spiro atoms. The Labute approximate surface area is 201 Å². The Morgan fingerprint density at radius 1 is 1.18 bits per heavy atom. The molecule has 4 aromatic rings. The minimum absolute atomic E-state index is 0.0328. The monoisotopic (exact) mass is 479 g/mol. The van der Waals surface area contributed by atoms with Crippen LogP contribution in [0.1, 0.15) is 49.0 Å². The first-order chi connectivity index (χ1) is 16.6. The molecule has 5 rings (SSSR count). The van der Waals surface area contributed by atoms with Crippen LogP contribution in [0.15, 0.2) is 57.8 Å². The van der Waals surface area contributed by atoms with E-state index in [0.717, 1.165) is 31.2 Å². The van der Waals surface area contributed by atoms with E-state index in [1.165, 1.54) is 0 Å². The van der Waals surface area contributed by atoms with Gasteiger partial charge in [-0.1, -0.05) is 47.4 Å². The van der Waals surface area contributed by atoms with Crippen LogP contribution in [0.5, 0.6) is 5.95 Å². The molecular formula is C26H26ClN3O4. The van der Waals surface area contributed by atoms with E-state index < -0.39 is 0 Å². The molecule has 1 N–H and O–H groups in total. The Bertz CT molecular complexity index is 1400. The Kier molecular flexibility index (Phi) is 6.28. The van der Waals surface area contributed by atoms with Crippen molar-refractivity contribution in [3.8, 4) is 5.95 Å². The average molecular weight is 480 g/mol. The molecule has 0 saturated heterocycles. The number of halogens is 1. The first-order valence-corrected chi connectivity index (χ1v) is 12.0. The molecule has 0 aliphatic heterocycles. The van der Waals surface area contributed by atoms with E-state index in [4.69, 9.17) is 20.9 Å². The summed E-state index contributed by atoms with van der Waals surface area (Å²) >= 11 is 6.57. The molecule has 1 aliphatic rings. The summed E-state index contributed by atoms with van der Waals surface area (Å²) in [6.45, 7) is 2.75. The van der Waals surface area contributed by atoms with E-state index in [-0.39, 0.29) is 29.4 Å². The predicted octanol–water partition coefficient (Wildman–Crippen LogP) is 5.36. The fourth-order valence-corrected chi connectivity index (χ4v) is 5.27. The zero-order chi connectivity index (χ0) is 23.7. The van der Waals surface area contributed by atoms with Gasteiger partial charge in [-0.2, -0.15) is 0 Å². The predicted molar refractivity (Wildman–Crippen MR) is 132 cm³/mol. The highest BCUT2D eigenvalue weighted by Gasteiger charge is 2.29. The number of carbonyl (C=O) groups excluding carboxylic acids is 1. The van der Waals surface area contributed by atoms with Crippen molar-refractivity contribution in [1.82, 2.24) is 15.0 Å². The highest BCUT2D eigenvalue weighted by molar-refractivity contribution is 6.37. The van der Waals surface area contributed by atoms with Crippen molar-refractivity contribution < 1.29 is 14.1 Å². The third-order valence-corrected chi connectivity index (χ3v) is 6.88. The number of aromatic nitrogens is 2. The van der Waals surface area contributed by atoms with E-state index in [1.807, 2.05) is 41.8 Å². The number of hydrogen-bond donors (Lipinski definition) is 1. The molecule has 2 unspecified atom stereocenters. The lowest BCUT2D eigenvalue weighted by Gasteiger charge is -2.31. The lowest BCUT2D eigenvalue weighted by atomic mass is 9.85. The van der Waals surface area contributed by atoms with Gasteiger partial charge in [-0.3, -0.25) is 9.59 Å². The van der Waals surface area contributed by atoms with Crippen molar-refractivity contribution in [2.75, 3.05) is 13.2 Å². The van der Waals surface area contributed by atoms with Crippen LogP contribution >= 0.6 is 11.6 Å². The molecule has 7 nitrogen and oxygen atoms in total. The lowest BCUT2D eigenvalue weighted by Crippen LogP contribution is -2.34. The van der Waals surface area contributed by atoms with Crippen LogP contribution < -0.4 is 15.6 Å². The maximum atomic E-state index is 13.7. The quantitative estimate of drug-likeness (QED) is 0.402. The highest BCUT2D eigenvalue weighted by atomic mass is 35.5. The van der Waals surface area contributed by atoms with E-state index >= 15 is 0 Å². The minimum Gasteiger partial charge on any atom is -0.463 e. The molecule has 1 amide bonds. The second-order valence-electron chi connectivity index (χ2n) is 8.70. The smallest absolute Gasteiger partial charge is 0.324 e. The maximum Gasteiger partial charge on any atom is 0.324 e. The molecule has 176 valence electrons. The van der Waals surface area contributed by atoms with Crippen LogP contribution in [-0.2, 0) is 0 Å². The van der Waals surface area contributed by atoms with Crippen molar-refractivity contribution in [2.24, 2.45) is 5.92 Å². The van der Waals surface area contributed by atoms with Crippen molar-refractivity contribution in [2.45, 2.75) is 38.6 Å². The normalized spacial score (nSPS) is 18.3. The largest absolute Gasteiger partial charge is 0.463 e. The fourth-order valence-electron chi connectivity index (χ4n) is 5.02. The van der Waals surface area contributed by atoms with Crippen LogP contribution in [-0.4, -0.2) is 28.8 Å². The van der Waals surface area contributed by atoms with Gasteiger partial charge in [0.15, 0.2) is 5.39 Å². The van der Waals surface area contributed by atoms with Crippen LogP contribution in [0.3, 0.4) is 0 Å². The molecule has 2 heterocycles. The topological polar surface area (TPSA) is 86.4 Å². The first-order valence-electron chi connectivity index (χ1n) is 11.7. The number of fused-ring (bicyclic) bond motifs is 3. The summed E-state index contributed by atoms with van der Waals surface area (Å²) in [4.78, 5) is 26.2. The van der Waals surface area contributed by atoms with Gasteiger partial charge in [-0.15, -0.1) is 0 Å². The number of carbonyl (C=O) groups is 1. The van der Waals surface area contributed by atoms with Gasteiger partial charge in [-0.05, 0) is 56.4 Å². The number of ether oxygens (including phenoxy) is 1. The zero-order valence-electron chi connectivity index (χ0n) is 18.9. The number of rotatable bonds is 6. The zero-order valence-corrected chi connectivity index (χ0v) is 19.7. The van der Waals surface area contributed by atoms with Crippen molar-refractivity contribution in [3.05, 3.63) is 69.5 Å². The number of pyridine rings is 1. The third kappa shape index (κ3) is 4.05. The van der Waals surface area contributed by atoms with E-state index in [1.54, 1.807) is 18.2 Å². The molecule has 0 bridgehead atoms. The average Bonchev–Trinajstić information content (AvgIpc) is 3.28. The molecule has 1 saturated carbocycles. The first kappa shape index (κ1) is 22.5. The molecule has 2 aromatic carbocycles. The Morgan fingerprint density at radius 3 is 2.79 bits per heavy atom. The number of nitrogens with zero attached hydrogens (tertiary/aromatic N) is 2. The number of amides is 1. The molecular weight excluding hydrogens is 454 g/mol. The Morgan fingerprint density at radius 2 is 2.00 bits per heavy atom. The molecule has 34 heavy (non-hydrogen) atoms. The Hall–Kier alpha value is -3.32. The van der Waals surface area contributed by atoms with Crippen molar-refractivity contribution in [1.29, 1.82) is 0 Å². The summed E-state index contributed by atoms with van der Waals surface area (Å²) in [5.41, 5.74) is 1.62. The summed E-state index contributed by atoms with van der Waals surface area (Å²) < 4.78 is 12.8. The van der Waals surface area contributed by atoms with Gasteiger partial charge >= 0.3 is 5.95 Å². The second kappa shape index (κ2) is 9.50. The van der Waals surface area contributed by atoms with Crippen LogP contribution in [0, 0.1) is 5.92 Å². The van der Waals surface area contributed by atoms with E-state index in [9.17, 15) is 9.59 Å². The second-order valence-corrected chi connectivity index (χ2v) is 9.11. The summed E-state index contributed by atoms with van der Waals surface area (Å²) in [6.07, 6.45) is 3.60. The van der Waals surface area contributed by atoms with Gasteiger partial charge in [-0.25, -0.2) is 0 Å². The van der Waals surface area contributed by atoms with Gasteiger partial charge in [0, 0.05) is 23.5 Å². The van der Waals surface area contributed by atoms with Crippen molar-refractivity contribution in [3.63, 3.8) is 0 Å². The van der Waals surface area contributed by atoms with Gasteiger partial charge in [0.1, 0.15) is 5.52 Å². The summed E-state index contributed by atoms with van der Waals surface area (Å²) in [6, 6.07) is 14.7. The molecule has 0 radical (unpaired) electrons. The third-order valence-electron chi connectivity index (χ3n) is 6.56. The molecule has 8 heteroatoms. The van der Waals surface area contributed by atoms with E-state index in [2.05, 4.69) is 10.5 Å². The van der Waals surface area contributed by atoms with Crippen molar-refractivity contribution >= 4 is 39.3 Å². The summed E-state index contributed by atoms with van der Waals surface area (Å²) in [7, 11) is 0. The number of nitrogens with one attached hydrogen (secondary N) is 1. The Balaban J connectivity index is 1.48. The van der Waals surface area contributed by atoms with Crippen LogP contribution in [0.2, 0.25) is 5.02 Å². The number of hydrogen-bond acceptors (Lipinski definition) is 5. The molecule has 2 atom stereocenters. The summed E-state index contributed by atoms with van der Waals surface area (Å²) in [5, 5.41) is 8.70. The number of benzene rings is 2. The van der Waals surface area contributed by atoms with Gasteiger partial charge in [0.25, 0.3) is 11.5 Å². The molecule has 1 fully saturated rings.